The third-order valence-electron chi connectivity index (χ3n) is 2.64. The Morgan fingerprint density at radius 3 is 2.16 bits per heavy atom. The van der Waals surface area contributed by atoms with Crippen molar-refractivity contribution in [2.24, 2.45) is 0 Å². The maximum Gasteiger partial charge on any atom is 0.154 e. The van der Waals surface area contributed by atoms with E-state index in [-0.39, 0.29) is 22.8 Å². The molecule has 2 aromatic carbocycles. The van der Waals surface area contributed by atoms with E-state index >= 15 is 0 Å². The van der Waals surface area contributed by atoms with Gasteiger partial charge in [-0.15, -0.1) is 0 Å². The lowest BCUT2D eigenvalue weighted by atomic mass is 10.0. The number of phenolic OH excluding ortho intramolecular Hbond substituents is 3. The minimum atomic E-state index is -0.264. The van der Waals surface area contributed by atoms with Crippen LogP contribution in [0.15, 0.2) is 36.4 Å². The van der Waals surface area contributed by atoms with Crippen LogP contribution in [0.5, 0.6) is 17.2 Å². The van der Waals surface area contributed by atoms with Gasteiger partial charge in [0.2, 0.25) is 0 Å². The summed E-state index contributed by atoms with van der Waals surface area (Å²) in [5.74, 6) is -0.213. The van der Waals surface area contributed by atoms with Crippen LogP contribution in [0.25, 0.3) is 12.2 Å². The minimum absolute atomic E-state index is 0.117. The lowest BCUT2D eigenvalue weighted by molar-refractivity contribution is 0.112. The van der Waals surface area contributed by atoms with Gasteiger partial charge in [-0.1, -0.05) is 24.3 Å². The van der Waals surface area contributed by atoms with Crippen LogP contribution in [0.3, 0.4) is 0 Å². The molecular weight excluding hydrogens is 244 g/mol. The normalized spacial score (nSPS) is 10.7. The van der Waals surface area contributed by atoms with Crippen LogP contribution in [0.4, 0.5) is 0 Å². The van der Waals surface area contributed by atoms with Crippen molar-refractivity contribution in [1.29, 1.82) is 0 Å². The first-order chi connectivity index (χ1) is 9.10. The molecule has 0 saturated heterocycles. The smallest absolute Gasteiger partial charge is 0.154 e. The monoisotopic (exact) mass is 256 g/mol. The predicted octanol–water partition coefficient (Wildman–Crippen LogP) is 2.79. The molecule has 0 fully saturated rings. The van der Waals surface area contributed by atoms with Crippen LogP contribution in [0.1, 0.15) is 21.5 Å². The molecule has 0 radical (unpaired) electrons. The maximum absolute atomic E-state index is 10.9. The van der Waals surface area contributed by atoms with Crippen LogP contribution in [-0.4, -0.2) is 21.6 Å². The molecule has 0 saturated carbocycles. The molecule has 4 heteroatoms. The second-order valence-electron chi connectivity index (χ2n) is 4.01. The Balaban J connectivity index is 2.37. The fourth-order valence-electron chi connectivity index (χ4n) is 1.68. The Morgan fingerprint density at radius 2 is 1.53 bits per heavy atom. The zero-order valence-corrected chi connectivity index (χ0v) is 9.95. The molecule has 3 N–H and O–H groups in total. The fraction of sp³-hybridized carbons (Fsp3) is 0. The Morgan fingerprint density at radius 1 is 0.842 bits per heavy atom. The van der Waals surface area contributed by atoms with Crippen molar-refractivity contribution in [2.75, 3.05) is 0 Å². The average molecular weight is 256 g/mol. The molecule has 4 nitrogen and oxygen atoms in total. The number of phenols is 3. The summed E-state index contributed by atoms with van der Waals surface area (Å²) in [5, 5.41) is 28.1. The largest absolute Gasteiger partial charge is 0.508 e. The molecule has 0 aliphatic heterocycles. The molecule has 0 aliphatic rings. The van der Waals surface area contributed by atoms with Crippen LogP contribution in [0.2, 0.25) is 0 Å². The summed E-state index contributed by atoms with van der Waals surface area (Å²) in [6.45, 7) is 0. The van der Waals surface area contributed by atoms with Gasteiger partial charge in [0.1, 0.15) is 17.2 Å². The van der Waals surface area contributed by atoms with Gasteiger partial charge in [0, 0.05) is 6.07 Å². The van der Waals surface area contributed by atoms with Gasteiger partial charge in [-0.3, -0.25) is 4.79 Å². The van der Waals surface area contributed by atoms with E-state index in [0.29, 0.717) is 11.8 Å². The van der Waals surface area contributed by atoms with Gasteiger partial charge < -0.3 is 15.3 Å². The number of rotatable bonds is 3. The number of carbonyl (C=O) groups is 1. The number of carbonyl (C=O) groups excluding carboxylic acids is 1. The average Bonchev–Trinajstić information content (AvgIpc) is 2.37. The zero-order chi connectivity index (χ0) is 13.8. The van der Waals surface area contributed by atoms with Gasteiger partial charge in [0.25, 0.3) is 0 Å². The lowest BCUT2D eigenvalue weighted by Gasteiger charge is -2.03. The van der Waals surface area contributed by atoms with Crippen molar-refractivity contribution < 1.29 is 20.1 Å². The van der Waals surface area contributed by atoms with Gasteiger partial charge in [-0.25, -0.2) is 0 Å². The summed E-state index contributed by atoms with van der Waals surface area (Å²) in [6.07, 6.45) is 3.85. The highest BCUT2D eigenvalue weighted by Crippen LogP contribution is 2.27. The molecule has 2 rings (SSSR count). The summed E-state index contributed by atoms with van der Waals surface area (Å²) in [4.78, 5) is 10.9. The van der Waals surface area contributed by atoms with Crippen LogP contribution < -0.4 is 0 Å². The maximum atomic E-state index is 10.9. The Bertz CT molecular complexity index is 627. The van der Waals surface area contributed by atoms with Gasteiger partial charge in [-0.05, 0) is 29.3 Å². The molecular formula is C15H12O4. The molecule has 96 valence electrons. The number of hydrogen-bond acceptors (Lipinski definition) is 4. The van der Waals surface area contributed by atoms with Crippen LogP contribution >= 0.6 is 0 Å². The van der Waals surface area contributed by atoms with Gasteiger partial charge in [0.05, 0.1) is 5.56 Å². The van der Waals surface area contributed by atoms with Crippen molar-refractivity contribution in [2.45, 2.75) is 0 Å². The van der Waals surface area contributed by atoms with E-state index in [1.165, 1.54) is 6.07 Å². The second-order valence-corrected chi connectivity index (χ2v) is 4.01. The molecule has 0 aliphatic carbocycles. The van der Waals surface area contributed by atoms with Crippen molar-refractivity contribution in [1.82, 2.24) is 0 Å². The topological polar surface area (TPSA) is 77.8 Å². The first-order valence-electron chi connectivity index (χ1n) is 5.58. The summed E-state index contributed by atoms with van der Waals surface area (Å²) >= 11 is 0. The van der Waals surface area contributed by atoms with E-state index in [1.54, 1.807) is 36.4 Å². The molecule has 2 aromatic rings. The Labute approximate surface area is 109 Å². The van der Waals surface area contributed by atoms with Crippen LogP contribution in [0, 0.1) is 0 Å². The summed E-state index contributed by atoms with van der Waals surface area (Å²) in [7, 11) is 0. The lowest BCUT2D eigenvalue weighted by Crippen LogP contribution is -1.87. The highest BCUT2D eigenvalue weighted by Gasteiger charge is 2.07. The van der Waals surface area contributed by atoms with Gasteiger partial charge in [-0.2, -0.15) is 0 Å². The molecule has 0 unspecified atom stereocenters. The quantitative estimate of drug-likeness (QED) is 0.583. The summed E-state index contributed by atoms with van der Waals surface area (Å²) in [5.41, 5.74) is 1.35. The summed E-state index contributed by atoms with van der Waals surface area (Å²) in [6, 6.07) is 8.99. The Hall–Kier alpha value is -2.75. The van der Waals surface area contributed by atoms with E-state index in [1.807, 2.05) is 0 Å². The second kappa shape index (κ2) is 5.27. The van der Waals surface area contributed by atoms with E-state index < -0.39 is 0 Å². The standard InChI is InChI=1S/C15H12O4/c16-9-14-11(7-13(18)8-15(14)19)4-1-10-2-5-12(17)6-3-10/h1-9,17-19H. The van der Waals surface area contributed by atoms with Crippen molar-refractivity contribution in [3.63, 3.8) is 0 Å². The number of benzene rings is 2. The zero-order valence-electron chi connectivity index (χ0n) is 9.95. The molecule has 0 heterocycles. The SMILES string of the molecule is O=Cc1c(O)cc(O)cc1C=Cc1ccc(O)cc1. The molecule has 0 bridgehead atoms. The Kier molecular flexibility index (Phi) is 3.52. The molecule has 0 atom stereocenters. The highest BCUT2D eigenvalue weighted by atomic mass is 16.3. The fourth-order valence-corrected chi connectivity index (χ4v) is 1.68. The number of aldehydes is 1. The molecule has 0 amide bonds. The number of hydrogen-bond donors (Lipinski definition) is 3. The first-order valence-corrected chi connectivity index (χ1v) is 5.58. The third kappa shape index (κ3) is 2.93. The van der Waals surface area contributed by atoms with E-state index in [4.69, 9.17) is 5.11 Å². The van der Waals surface area contributed by atoms with E-state index in [9.17, 15) is 15.0 Å². The number of aromatic hydroxyl groups is 3. The molecule has 0 aromatic heterocycles. The van der Waals surface area contributed by atoms with Gasteiger partial charge in [0.15, 0.2) is 6.29 Å². The first kappa shape index (κ1) is 12.7. The van der Waals surface area contributed by atoms with Crippen molar-refractivity contribution >= 4 is 18.4 Å². The summed E-state index contributed by atoms with van der Waals surface area (Å²) < 4.78 is 0. The predicted molar refractivity (Wildman–Crippen MR) is 72.2 cm³/mol. The van der Waals surface area contributed by atoms with Crippen molar-refractivity contribution in [3.8, 4) is 17.2 Å². The highest BCUT2D eigenvalue weighted by molar-refractivity contribution is 5.88. The van der Waals surface area contributed by atoms with Gasteiger partial charge >= 0.3 is 0 Å². The third-order valence-corrected chi connectivity index (χ3v) is 2.64. The van der Waals surface area contributed by atoms with Crippen LogP contribution in [-0.2, 0) is 0 Å². The molecule has 19 heavy (non-hydrogen) atoms. The van der Waals surface area contributed by atoms with E-state index in [0.717, 1.165) is 11.6 Å². The minimum Gasteiger partial charge on any atom is -0.508 e. The molecule has 0 spiro atoms. The van der Waals surface area contributed by atoms with Crippen molar-refractivity contribution in [3.05, 3.63) is 53.1 Å². The van der Waals surface area contributed by atoms with E-state index in [2.05, 4.69) is 0 Å².